The van der Waals surface area contributed by atoms with Gasteiger partial charge in [0.05, 0.1) is 18.8 Å². The first-order valence-electron chi connectivity index (χ1n) is 10.8. The molecule has 2 aromatic carbocycles. The molecule has 3 aromatic rings. The van der Waals surface area contributed by atoms with E-state index in [9.17, 15) is 9.59 Å². The summed E-state index contributed by atoms with van der Waals surface area (Å²) in [5.41, 5.74) is 1.60. The number of likely N-dealkylation sites (tertiary alicyclic amines) is 1. The molecule has 6 heteroatoms. The van der Waals surface area contributed by atoms with Crippen LogP contribution in [-0.2, 0) is 9.59 Å². The number of carbonyl (C=O) groups excluding carboxylic acids is 2. The molecule has 0 aliphatic carbocycles. The van der Waals surface area contributed by atoms with E-state index in [0.29, 0.717) is 19.4 Å². The molecule has 156 valence electrons. The number of hydrogen-bond acceptors (Lipinski definition) is 5. The lowest BCUT2D eigenvalue weighted by molar-refractivity contribution is -0.134. The van der Waals surface area contributed by atoms with E-state index in [1.165, 1.54) is 25.9 Å². The Morgan fingerprint density at radius 2 is 2.00 bits per heavy atom. The van der Waals surface area contributed by atoms with Crippen LogP contribution in [0.25, 0.3) is 21.7 Å². The fourth-order valence-corrected chi connectivity index (χ4v) is 4.69. The summed E-state index contributed by atoms with van der Waals surface area (Å²) in [5.74, 6) is 0.0368. The van der Waals surface area contributed by atoms with Gasteiger partial charge in [-0.05, 0) is 73.8 Å². The van der Waals surface area contributed by atoms with Crippen LogP contribution in [0.1, 0.15) is 43.6 Å². The lowest BCUT2D eigenvalue weighted by atomic mass is 9.89. The molecular weight excluding hydrogens is 380 g/mol. The zero-order valence-electron chi connectivity index (χ0n) is 17.0. The van der Waals surface area contributed by atoms with Crippen LogP contribution >= 0.6 is 0 Å². The number of imide groups is 1. The Morgan fingerprint density at radius 3 is 2.83 bits per heavy atom. The molecular formula is C24H26N2O4. The number of fused-ring (bicyclic) bond motifs is 3. The summed E-state index contributed by atoms with van der Waals surface area (Å²) in [5, 5.41) is 5.48. The molecule has 1 N–H and O–H groups in total. The Balaban J connectivity index is 1.36. The van der Waals surface area contributed by atoms with Crippen molar-refractivity contribution in [3.05, 3.63) is 42.2 Å². The largest absolute Gasteiger partial charge is 0.494 e. The minimum atomic E-state index is -0.365. The lowest BCUT2D eigenvalue weighted by Gasteiger charge is -2.20. The number of carbonyl (C=O) groups is 2. The van der Waals surface area contributed by atoms with Gasteiger partial charge in [0.1, 0.15) is 11.3 Å². The van der Waals surface area contributed by atoms with Gasteiger partial charge in [-0.3, -0.25) is 14.9 Å². The van der Waals surface area contributed by atoms with Crippen molar-refractivity contribution in [3.8, 4) is 5.75 Å². The second-order valence-corrected chi connectivity index (χ2v) is 8.27. The normalized spacial score (nSPS) is 20.2. The van der Waals surface area contributed by atoms with Gasteiger partial charge >= 0.3 is 0 Å². The van der Waals surface area contributed by atoms with Gasteiger partial charge in [0.15, 0.2) is 0 Å². The minimum absolute atomic E-state index is 0.208. The van der Waals surface area contributed by atoms with Crippen molar-refractivity contribution >= 4 is 33.6 Å². The SMILES string of the molecule is O=C1CC[C@H](c2coc3ccc4cc(OCCCN5CCCC5)ccc4c23)C(=O)N1. The molecule has 30 heavy (non-hydrogen) atoms. The van der Waals surface area contributed by atoms with Gasteiger partial charge in [-0.1, -0.05) is 6.07 Å². The second-order valence-electron chi connectivity index (χ2n) is 8.27. The van der Waals surface area contributed by atoms with E-state index in [0.717, 1.165) is 46.0 Å². The summed E-state index contributed by atoms with van der Waals surface area (Å²) in [6.45, 7) is 4.23. The van der Waals surface area contributed by atoms with Crippen molar-refractivity contribution in [1.29, 1.82) is 0 Å². The maximum absolute atomic E-state index is 12.4. The van der Waals surface area contributed by atoms with E-state index in [1.807, 2.05) is 30.3 Å². The van der Waals surface area contributed by atoms with Crippen molar-refractivity contribution in [2.24, 2.45) is 0 Å². The van der Waals surface area contributed by atoms with Gasteiger partial charge in [0.25, 0.3) is 0 Å². The number of hydrogen-bond donors (Lipinski definition) is 1. The lowest BCUT2D eigenvalue weighted by Crippen LogP contribution is -2.39. The van der Waals surface area contributed by atoms with Crippen molar-refractivity contribution in [1.82, 2.24) is 10.2 Å². The van der Waals surface area contributed by atoms with Crippen molar-refractivity contribution in [2.45, 2.75) is 38.0 Å². The minimum Gasteiger partial charge on any atom is -0.494 e. The van der Waals surface area contributed by atoms with Crippen LogP contribution in [0.2, 0.25) is 0 Å². The predicted octanol–water partition coefficient (Wildman–Crippen LogP) is 3.97. The summed E-state index contributed by atoms with van der Waals surface area (Å²) >= 11 is 0. The smallest absolute Gasteiger partial charge is 0.234 e. The standard InChI is InChI=1S/C24H26N2O4/c27-22-9-7-19(24(28)25-22)20-15-30-21-8-4-16-14-17(5-6-18(16)23(20)21)29-13-3-12-26-10-1-2-11-26/h4-6,8,14-15,19H,1-3,7,9-13H2,(H,25,27,28)/t19-/m1/s1. The van der Waals surface area contributed by atoms with Crippen LogP contribution in [0.3, 0.4) is 0 Å². The average molecular weight is 406 g/mol. The highest BCUT2D eigenvalue weighted by atomic mass is 16.5. The molecule has 0 unspecified atom stereocenters. The van der Waals surface area contributed by atoms with Crippen LogP contribution in [-0.4, -0.2) is 43.0 Å². The molecule has 1 atom stereocenters. The number of furan rings is 1. The molecule has 1 aromatic heterocycles. The van der Waals surface area contributed by atoms with Gasteiger partial charge in [-0.2, -0.15) is 0 Å². The second kappa shape index (κ2) is 8.11. The third-order valence-corrected chi connectivity index (χ3v) is 6.26. The fraction of sp³-hybridized carbons (Fsp3) is 0.417. The zero-order valence-corrected chi connectivity index (χ0v) is 17.0. The predicted molar refractivity (Wildman–Crippen MR) is 115 cm³/mol. The molecule has 0 saturated carbocycles. The number of ether oxygens (including phenoxy) is 1. The quantitative estimate of drug-likeness (QED) is 0.495. The molecule has 0 bridgehead atoms. The number of benzene rings is 2. The van der Waals surface area contributed by atoms with E-state index in [4.69, 9.17) is 9.15 Å². The van der Waals surface area contributed by atoms with E-state index in [-0.39, 0.29) is 17.7 Å². The first kappa shape index (κ1) is 19.1. The Morgan fingerprint density at radius 1 is 1.13 bits per heavy atom. The van der Waals surface area contributed by atoms with E-state index in [1.54, 1.807) is 6.26 Å². The molecule has 0 spiro atoms. The van der Waals surface area contributed by atoms with Crippen LogP contribution in [0, 0.1) is 0 Å². The van der Waals surface area contributed by atoms with Gasteiger partial charge < -0.3 is 14.1 Å². The zero-order chi connectivity index (χ0) is 20.5. The topological polar surface area (TPSA) is 71.8 Å². The van der Waals surface area contributed by atoms with Gasteiger partial charge in [0, 0.05) is 23.9 Å². The van der Waals surface area contributed by atoms with Crippen molar-refractivity contribution in [2.75, 3.05) is 26.2 Å². The molecule has 3 heterocycles. The number of nitrogens with one attached hydrogen (secondary N) is 1. The van der Waals surface area contributed by atoms with Crippen LogP contribution < -0.4 is 10.1 Å². The van der Waals surface area contributed by atoms with Crippen LogP contribution in [0.15, 0.2) is 41.0 Å². The highest BCUT2D eigenvalue weighted by molar-refractivity contribution is 6.10. The molecule has 2 amide bonds. The molecule has 0 radical (unpaired) electrons. The maximum Gasteiger partial charge on any atom is 0.234 e. The highest BCUT2D eigenvalue weighted by Crippen LogP contribution is 2.37. The van der Waals surface area contributed by atoms with Crippen molar-refractivity contribution < 1.29 is 18.7 Å². The summed E-state index contributed by atoms with van der Waals surface area (Å²) in [6.07, 6.45) is 6.17. The molecule has 2 fully saturated rings. The van der Waals surface area contributed by atoms with Gasteiger partial charge in [-0.25, -0.2) is 0 Å². The van der Waals surface area contributed by atoms with Gasteiger partial charge in [-0.15, -0.1) is 0 Å². The summed E-state index contributed by atoms with van der Waals surface area (Å²) in [4.78, 5) is 26.4. The Bertz CT molecular complexity index is 1100. The first-order chi connectivity index (χ1) is 14.7. The molecule has 5 rings (SSSR count). The third kappa shape index (κ3) is 3.67. The maximum atomic E-state index is 12.4. The molecule has 2 saturated heterocycles. The van der Waals surface area contributed by atoms with Crippen LogP contribution in [0.5, 0.6) is 5.75 Å². The van der Waals surface area contributed by atoms with E-state index < -0.39 is 0 Å². The Kier molecular flexibility index (Phi) is 5.17. The Hall–Kier alpha value is -2.86. The third-order valence-electron chi connectivity index (χ3n) is 6.26. The fourth-order valence-electron chi connectivity index (χ4n) is 4.69. The summed E-state index contributed by atoms with van der Waals surface area (Å²) in [7, 11) is 0. The first-order valence-corrected chi connectivity index (χ1v) is 10.8. The van der Waals surface area contributed by atoms with Gasteiger partial charge in [0.2, 0.25) is 11.8 Å². The van der Waals surface area contributed by atoms with E-state index in [2.05, 4.69) is 10.2 Å². The number of amides is 2. The average Bonchev–Trinajstić information content (AvgIpc) is 3.41. The number of piperidine rings is 1. The van der Waals surface area contributed by atoms with E-state index >= 15 is 0 Å². The number of nitrogens with zero attached hydrogens (tertiary/aromatic N) is 1. The van der Waals surface area contributed by atoms with Crippen molar-refractivity contribution in [3.63, 3.8) is 0 Å². The summed E-state index contributed by atoms with van der Waals surface area (Å²) in [6, 6.07) is 10.0. The molecule has 2 aliphatic rings. The Labute approximate surface area is 175 Å². The number of rotatable bonds is 6. The molecule has 6 nitrogen and oxygen atoms in total. The monoisotopic (exact) mass is 406 g/mol. The highest BCUT2D eigenvalue weighted by Gasteiger charge is 2.31. The molecule has 2 aliphatic heterocycles. The summed E-state index contributed by atoms with van der Waals surface area (Å²) < 4.78 is 11.7. The van der Waals surface area contributed by atoms with Crippen LogP contribution in [0.4, 0.5) is 0 Å².